The summed E-state index contributed by atoms with van der Waals surface area (Å²) in [6.07, 6.45) is 0.831. The van der Waals surface area contributed by atoms with Gasteiger partial charge in [-0.05, 0) is 55.7 Å². The third-order valence-corrected chi connectivity index (χ3v) is 6.29. The first-order valence-electron chi connectivity index (χ1n) is 9.96. The zero-order valence-electron chi connectivity index (χ0n) is 17.5. The lowest BCUT2D eigenvalue weighted by Gasteiger charge is -2.29. The van der Waals surface area contributed by atoms with Gasteiger partial charge in [-0.2, -0.15) is 0 Å². The van der Waals surface area contributed by atoms with Gasteiger partial charge in [0.25, 0.3) is 0 Å². The Morgan fingerprint density at radius 1 is 1.03 bits per heavy atom. The predicted molar refractivity (Wildman–Crippen MR) is 127 cm³/mol. The molecule has 0 aliphatic rings. The molecular formula is C23H28Cl2N2O2S. The van der Waals surface area contributed by atoms with E-state index >= 15 is 0 Å². The van der Waals surface area contributed by atoms with E-state index in [0.29, 0.717) is 22.3 Å². The minimum atomic E-state index is -0.582. The molecular weight excluding hydrogens is 439 g/mol. The summed E-state index contributed by atoms with van der Waals surface area (Å²) in [5.41, 5.74) is 1.99. The van der Waals surface area contributed by atoms with Crippen LogP contribution < -0.4 is 5.32 Å². The fourth-order valence-electron chi connectivity index (χ4n) is 2.80. The molecule has 2 rings (SSSR count). The van der Waals surface area contributed by atoms with Crippen LogP contribution in [0.3, 0.4) is 0 Å². The van der Waals surface area contributed by atoms with Gasteiger partial charge in [0, 0.05) is 28.4 Å². The molecule has 0 aromatic heterocycles. The van der Waals surface area contributed by atoms with E-state index < -0.39 is 6.04 Å². The number of nitrogens with zero attached hydrogens (tertiary/aromatic N) is 1. The lowest BCUT2D eigenvalue weighted by atomic mass is 10.1. The smallest absolute Gasteiger partial charge is 0.242 e. The largest absolute Gasteiger partial charge is 0.352 e. The summed E-state index contributed by atoms with van der Waals surface area (Å²) in [5.74, 6) is 0.745. The SMILES string of the molecule is CCC(C)NC(=O)C(C)N(Cc1cccc(Cl)c1)C(=O)CSCc1ccc(Cl)cc1. The van der Waals surface area contributed by atoms with E-state index in [0.717, 1.165) is 17.5 Å². The molecule has 162 valence electrons. The molecule has 0 bridgehead atoms. The van der Waals surface area contributed by atoms with Crippen LogP contribution in [0.4, 0.5) is 0 Å². The summed E-state index contributed by atoms with van der Waals surface area (Å²) < 4.78 is 0. The quantitative estimate of drug-likeness (QED) is 0.498. The van der Waals surface area contributed by atoms with Crippen molar-refractivity contribution < 1.29 is 9.59 Å². The van der Waals surface area contributed by atoms with Crippen molar-refractivity contribution in [3.63, 3.8) is 0 Å². The van der Waals surface area contributed by atoms with Gasteiger partial charge in [-0.3, -0.25) is 9.59 Å². The van der Waals surface area contributed by atoms with Crippen LogP contribution in [-0.4, -0.2) is 34.6 Å². The minimum absolute atomic E-state index is 0.0577. The molecule has 0 aliphatic heterocycles. The van der Waals surface area contributed by atoms with Gasteiger partial charge in [-0.15, -0.1) is 11.8 Å². The van der Waals surface area contributed by atoms with Gasteiger partial charge >= 0.3 is 0 Å². The number of amides is 2. The van der Waals surface area contributed by atoms with Crippen LogP contribution in [-0.2, 0) is 21.9 Å². The molecule has 0 fully saturated rings. The van der Waals surface area contributed by atoms with E-state index in [-0.39, 0.29) is 23.6 Å². The fourth-order valence-corrected chi connectivity index (χ4v) is 4.01. The zero-order valence-corrected chi connectivity index (χ0v) is 19.9. The highest BCUT2D eigenvalue weighted by Crippen LogP contribution is 2.19. The van der Waals surface area contributed by atoms with Gasteiger partial charge < -0.3 is 10.2 Å². The van der Waals surface area contributed by atoms with Gasteiger partial charge in [0.2, 0.25) is 11.8 Å². The van der Waals surface area contributed by atoms with Crippen molar-refractivity contribution in [2.75, 3.05) is 5.75 Å². The van der Waals surface area contributed by atoms with Crippen LogP contribution in [0.1, 0.15) is 38.3 Å². The summed E-state index contributed by atoms with van der Waals surface area (Å²) in [5, 5.41) is 4.26. The molecule has 0 spiro atoms. The van der Waals surface area contributed by atoms with Crippen molar-refractivity contribution in [2.24, 2.45) is 0 Å². The van der Waals surface area contributed by atoms with Crippen molar-refractivity contribution >= 4 is 46.8 Å². The molecule has 2 aromatic rings. The fraction of sp³-hybridized carbons (Fsp3) is 0.391. The highest BCUT2D eigenvalue weighted by Gasteiger charge is 2.26. The summed E-state index contributed by atoms with van der Waals surface area (Å²) >= 11 is 13.5. The Morgan fingerprint density at radius 3 is 2.37 bits per heavy atom. The molecule has 4 nitrogen and oxygen atoms in total. The molecule has 2 unspecified atom stereocenters. The average Bonchev–Trinajstić information content (AvgIpc) is 2.72. The van der Waals surface area contributed by atoms with Gasteiger partial charge in [0.1, 0.15) is 6.04 Å². The molecule has 7 heteroatoms. The summed E-state index contributed by atoms with van der Waals surface area (Å²) in [6, 6.07) is 14.4. The Morgan fingerprint density at radius 2 is 1.73 bits per heavy atom. The maximum atomic E-state index is 13.0. The van der Waals surface area contributed by atoms with E-state index in [1.165, 1.54) is 11.8 Å². The Balaban J connectivity index is 2.07. The van der Waals surface area contributed by atoms with Crippen molar-refractivity contribution in [1.82, 2.24) is 10.2 Å². The third kappa shape index (κ3) is 7.86. The third-order valence-electron chi connectivity index (χ3n) is 4.82. The lowest BCUT2D eigenvalue weighted by molar-refractivity contribution is -0.138. The summed E-state index contributed by atoms with van der Waals surface area (Å²) in [6.45, 7) is 6.06. The number of rotatable bonds is 10. The lowest BCUT2D eigenvalue weighted by Crippen LogP contribution is -2.50. The molecule has 0 radical (unpaired) electrons. The summed E-state index contributed by atoms with van der Waals surface area (Å²) in [7, 11) is 0. The van der Waals surface area contributed by atoms with Crippen LogP contribution in [0.15, 0.2) is 48.5 Å². The molecule has 2 atom stereocenters. The second-order valence-electron chi connectivity index (χ2n) is 7.26. The first kappa shape index (κ1) is 24.6. The van der Waals surface area contributed by atoms with Gasteiger partial charge in [-0.1, -0.05) is 54.4 Å². The number of thioether (sulfide) groups is 1. The number of nitrogens with one attached hydrogen (secondary N) is 1. The number of benzene rings is 2. The monoisotopic (exact) mass is 466 g/mol. The maximum Gasteiger partial charge on any atom is 0.242 e. The Bertz CT molecular complexity index is 845. The van der Waals surface area contributed by atoms with Crippen molar-refractivity contribution in [3.05, 3.63) is 69.7 Å². The van der Waals surface area contributed by atoms with E-state index in [1.807, 2.05) is 56.3 Å². The highest BCUT2D eigenvalue weighted by molar-refractivity contribution is 7.99. The first-order chi connectivity index (χ1) is 14.3. The van der Waals surface area contributed by atoms with Gasteiger partial charge in [-0.25, -0.2) is 0 Å². The van der Waals surface area contributed by atoms with Crippen LogP contribution in [0.5, 0.6) is 0 Å². The molecule has 0 saturated carbocycles. The molecule has 1 N–H and O–H groups in total. The molecule has 2 aromatic carbocycles. The first-order valence-corrected chi connectivity index (χ1v) is 11.9. The maximum absolute atomic E-state index is 13.0. The van der Waals surface area contributed by atoms with E-state index in [4.69, 9.17) is 23.2 Å². The van der Waals surface area contributed by atoms with Crippen LogP contribution in [0.25, 0.3) is 0 Å². The molecule has 0 saturated heterocycles. The van der Waals surface area contributed by atoms with Crippen molar-refractivity contribution in [3.8, 4) is 0 Å². The van der Waals surface area contributed by atoms with Crippen molar-refractivity contribution in [1.29, 1.82) is 0 Å². The Labute approximate surface area is 193 Å². The topological polar surface area (TPSA) is 49.4 Å². The zero-order chi connectivity index (χ0) is 22.1. The molecule has 30 heavy (non-hydrogen) atoms. The normalized spacial score (nSPS) is 12.8. The molecule has 0 heterocycles. The van der Waals surface area contributed by atoms with Crippen molar-refractivity contribution in [2.45, 2.75) is 51.6 Å². The van der Waals surface area contributed by atoms with Crippen LogP contribution in [0, 0.1) is 0 Å². The average molecular weight is 467 g/mol. The predicted octanol–water partition coefficient (Wildman–Crippen LogP) is 5.56. The molecule has 0 aliphatic carbocycles. The van der Waals surface area contributed by atoms with Gasteiger partial charge in [0.05, 0.1) is 5.75 Å². The Kier molecular flexibility index (Phi) is 10.0. The standard InChI is InChI=1S/C23H28Cl2N2O2S/c1-4-16(2)26-23(29)17(3)27(13-19-6-5-7-21(25)12-19)22(28)15-30-14-18-8-10-20(24)11-9-18/h5-12,16-17H,4,13-15H2,1-3H3,(H,26,29). The second kappa shape index (κ2) is 12.2. The van der Waals surface area contributed by atoms with Crippen LogP contribution >= 0.6 is 35.0 Å². The Hall–Kier alpha value is -1.69. The summed E-state index contributed by atoms with van der Waals surface area (Å²) in [4.78, 5) is 27.4. The second-order valence-corrected chi connectivity index (χ2v) is 9.12. The van der Waals surface area contributed by atoms with E-state index in [1.54, 1.807) is 17.9 Å². The van der Waals surface area contributed by atoms with E-state index in [2.05, 4.69) is 5.32 Å². The van der Waals surface area contributed by atoms with Gasteiger partial charge in [0.15, 0.2) is 0 Å². The van der Waals surface area contributed by atoms with Crippen LogP contribution in [0.2, 0.25) is 10.0 Å². The van der Waals surface area contributed by atoms with E-state index in [9.17, 15) is 9.59 Å². The number of halogens is 2. The number of hydrogen-bond acceptors (Lipinski definition) is 3. The molecule has 2 amide bonds. The highest BCUT2D eigenvalue weighted by atomic mass is 35.5. The number of carbonyl (C=O) groups excluding carboxylic acids is 2. The number of hydrogen-bond donors (Lipinski definition) is 1. The minimum Gasteiger partial charge on any atom is -0.352 e. The number of carbonyl (C=O) groups is 2.